The van der Waals surface area contributed by atoms with E-state index in [4.69, 9.17) is 11.6 Å². The largest absolute Gasteiger partial charge is 0.293 e. The number of aromatic nitrogens is 2. The van der Waals surface area contributed by atoms with Crippen LogP contribution in [0.3, 0.4) is 0 Å². The number of hydrogen-bond donors (Lipinski definition) is 0. The van der Waals surface area contributed by atoms with Gasteiger partial charge in [0.2, 0.25) is 0 Å². The van der Waals surface area contributed by atoms with Gasteiger partial charge in [0, 0.05) is 16.1 Å². The normalized spacial score (nSPS) is 10.6. The zero-order valence-electron chi connectivity index (χ0n) is 13.1. The third kappa shape index (κ3) is 4.22. The summed E-state index contributed by atoms with van der Waals surface area (Å²) in [6.45, 7) is 2.00. The molecule has 1 aromatic heterocycles. The second kappa shape index (κ2) is 7.60. The highest BCUT2D eigenvalue weighted by molar-refractivity contribution is 7.99. The van der Waals surface area contributed by atoms with Crippen molar-refractivity contribution >= 4 is 29.1 Å². The highest BCUT2D eigenvalue weighted by Crippen LogP contribution is 2.22. The number of aryl methyl sites for hydroxylation is 1. The lowest BCUT2D eigenvalue weighted by Gasteiger charge is -2.03. The summed E-state index contributed by atoms with van der Waals surface area (Å²) in [6, 6.07) is 18.8. The maximum atomic E-state index is 12.2. The fraction of sp³-hybridized carbons (Fsp3) is 0.105. The molecule has 0 amide bonds. The van der Waals surface area contributed by atoms with Crippen molar-refractivity contribution in [3.05, 3.63) is 76.8 Å². The van der Waals surface area contributed by atoms with Crippen LogP contribution in [0.4, 0.5) is 0 Å². The number of halogens is 1. The van der Waals surface area contributed by atoms with E-state index in [1.54, 1.807) is 0 Å². The van der Waals surface area contributed by atoms with Crippen molar-refractivity contribution < 1.29 is 4.79 Å². The summed E-state index contributed by atoms with van der Waals surface area (Å²) in [5.41, 5.74) is 3.60. The molecule has 1 heterocycles. The minimum absolute atomic E-state index is 0.0866. The first-order valence-corrected chi connectivity index (χ1v) is 8.80. The van der Waals surface area contributed by atoms with E-state index in [-0.39, 0.29) is 5.78 Å². The SMILES string of the molecule is Cc1ccc(C(=O)CSc2ccc(-c3ccc(Cl)cc3)nn2)cc1. The van der Waals surface area contributed by atoms with E-state index in [1.165, 1.54) is 11.8 Å². The van der Waals surface area contributed by atoms with Gasteiger partial charge in [-0.15, -0.1) is 10.2 Å². The van der Waals surface area contributed by atoms with Crippen molar-refractivity contribution in [3.63, 3.8) is 0 Å². The van der Waals surface area contributed by atoms with E-state index in [0.717, 1.165) is 27.4 Å². The Bertz CT molecular complexity index is 831. The Kier molecular flexibility index (Phi) is 5.28. The molecule has 0 atom stereocenters. The topological polar surface area (TPSA) is 42.9 Å². The Morgan fingerprint density at radius 3 is 2.29 bits per heavy atom. The van der Waals surface area contributed by atoms with E-state index < -0.39 is 0 Å². The molecule has 5 heteroatoms. The van der Waals surface area contributed by atoms with Gasteiger partial charge in [0.15, 0.2) is 5.78 Å². The third-order valence-corrected chi connectivity index (χ3v) is 4.68. The number of hydrogen-bond acceptors (Lipinski definition) is 4. The van der Waals surface area contributed by atoms with Gasteiger partial charge in [-0.3, -0.25) is 4.79 Å². The zero-order valence-corrected chi connectivity index (χ0v) is 14.6. The van der Waals surface area contributed by atoms with Gasteiger partial charge in [-0.05, 0) is 31.2 Å². The van der Waals surface area contributed by atoms with E-state index >= 15 is 0 Å². The van der Waals surface area contributed by atoms with Gasteiger partial charge in [0.25, 0.3) is 0 Å². The molecule has 0 aliphatic heterocycles. The fourth-order valence-corrected chi connectivity index (χ4v) is 2.97. The minimum atomic E-state index is 0.0866. The molecule has 0 saturated heterocycles. The van der Waals surface area contributed by atoms with Crippen molar-refractivity contribution in [3.8, 4) is 11.3 Å². The highest BCUT2D eigenvalue weighted by atomic mass is 35.5. The Balaban J connectivity index is 1.63. The molecule has 3 rings (SSSR count). The van der Waals surface area contributed by atoms with Crippen molar-refractivity contribution in [1.29, 1.82) is 0 Å². The van der Waals surface area contributed by atoms with Crippen molar-refractivity contribution in [1.82, 2.24) is 10.2 Å². The number of ketones is 1. The molecule has 120 valence electrons. The van der Waals surface area contributed by atoms with Gasteiger partial charge in [-0.1, -0.05) is 65.3 Å². The molecule has 0 spiro atoms. The lowest BCUT2D eigenvalue weighted by atomic mass is 10.1. The van der Waals surface area contributed by atoms with Crippen LogP contribution in [0.2, 0.25) is 5.02 Å². The van der Waals surface area contributed by atoms with Gasteiger partial charge in [0.1, 0.15) is 5.03 Å². The number of Topliss-reactive ketones (excluding diaryl/α,β-unsaturated/α-hetero) is 1. The molecule has 3 aromatic rings. The number of nitrogens with zero attached hydrogens (tertiary/aromatic N) is 2. The summed E-state index contributed by atoms with van der Waals surface area (Å²) < 4.78 is 0. The number of rotatable bonds is 5. The smallest absolute Gasteiger partial charge is 0.173 e. The maximum Gasteiger partial charge on any atom is 0.173 e. The fourth-order valence-electron chi connectivity index (χ4n) is 2.13. The maximum absolute atomic E-state index is 12.2. The number of benzene rings is 2. The van der Waals surface area contributed by atoms with Gasteiger partial charge < -0.3 is 0 Å². The molecule has 0 aliphatic carbocycles. The van der Waals surface area contributed by atoms with Crippen LogP contribution in [0.15, 0.2) is 65.7 Å². The van der Waals surface area contributed by atoms with Gasteiger partial charge in [0.05, 0.1) is 11.4 Å². The Hall–Kier alpha value is -2.17. The van der Waals surface area contributed by atoms with Crippen LogP contribution in [0.25, 0.3) is 11.3 Å². The summed E-state index contributed by atoms with van der Waals surface area (Å²) in [5, 5.41) is 9.82. The Labute approximate surface area is 150 Å². The monoisotopic (exact) mass is 354 g/mol. The van der Waals surface area contributed by atoms with Crippen molar-refractivity contribution in [2.45, 2.75) is 11.9 Å². The molecule has 0 bridgehead atoms. The molecule has 24 heavy (non-hydrogen) atoms. The van der Waals surface area contributed by atoms with Crippen LogP contribution < -0.4 is 0 Å². The highest BCUT2D eigenvalue weighted by Gasteiger charge is 2.08. The van der Waals surface area contributed by atoms with Gasteiger partial charge >= 0.3 is 0 Å². The van der Waals surface area contributed by atoms with Crippen LogP contribution in [-0.4, -0.2) is 21.7 Å². The average molecular weight is 355 g/mol. The number of carbonyl (C=O) groups is 1. The van der Waals surface area contributed by atoms with Crippen molar-refractivity contribution in [2.75, 3.05) is 5.75 Å². The summed E-state index contributed by atoms with van der Waals surface area (Å²) >= 11 is 7.27. The minimum Gasteiger partial charge on any atom is -0.293 e. The Morgan fingerprint density at radius 2 is 1.67 bits per heavy atom. The molecule has 3 nitrogen and oxygen atoms in total. The zero-order chi connectivity index (χ0) is 16.9. The summed E-state index contributed by atoms with van der Waals surface area (Å²) in [4.78, 5) is 12.2. The molecular weight excluding hydrogens is 340 g/mol. The van der Waals surface area contributed by atoms with Crippen LogP contribution in [0.5, 0.6) is 0 Å². The molecule has 0 saturated carbocycles. The summed E-state index contributed by atoms with van der Waals surface area (Å²) in [7, 11) is 0. The van der Waals surface area contributed by atoms with Gasteiger partial charge in [-0.25, -0.2) is 0 Å². The lowest BCUT2D eigenvalue weighted by molar-refractivity contribution is 0.102. The quantitative estimate of drug-likeness (QED) is 0.473. The Morgan fingerprint density at radius 1 is 0.958 bits per heavy atom. The average Bonchev–Trinajstić information content (AvgIpc) is 2.61. The van der Waals surface area contributed by atoms with Gasteiger partial charge in [-0.2, -0.15) is 0 Å². The second-order valence-electron chi connectivity index (χ2n) is 5.34. The molecule has 0 fully saturated rings. The molecule has 0 unspecified atom stereocenters. The van der Waals surface area contributed by atoms with Crippen LogP contribution >= 0.6 is 23.4 Å². The van der Waals surface area contributed by atoms with E-state index in [1.807, 2.05) is 67.6 Å². The summed E-state index contributed by atoms with van der Waals surface area (Å²) in [5.74, 6) is 0.432. The van der Waals surface area contributed by atoms with E-state index in [0.29, 0.717) is 10.8 Å². The first-order valence-electron chi connectivity index (χ1n) is 7.44. The standard InChI is InChI=1S/C19H15ClN2OS/c1-13-2-4-15(5-3-13)18(23)12-24-19-11-10-17(21-22-19)14-6-8-16(20)9-7-14/h2-11H,12H2,1H3. The predicted octanol–water partition coefficient (Wildman–Crippen LogP) is 5.08. The molecule has 0 radical (unpaired) electrons. The molecule has 0 aliphatic rings. The van der Waals surface area contributed by atoms with Crippen molar-refractivity contribution in [2.24, 2.45) is 0 Å². The van der Waals surface area contributed by atoms with Crippen LogP contribution in [-0.2, 0) is 0 Å². The molecule has 0 N–H and O–H groups in total. The molecular formula is C19H15ClN2OS. The molecule has 2 aromatic carbocycles. The van der Waals surface area contributed by atoms with Crippen LogP contribution in [0.1, 0.15) is 15.9 Å². The number of thioether (sulfide) groups is 1. The van der Waals surface area contributed by atoms with E-state index in [9.17, 15) is 4.79 Å². The predicted molar refractivity (Wildman–Crippen MR) is 98.7 cm³/mol. The van der Waals surface area contributed by atoms with E-state index in [2.05, 4.69) is 10.2 Å². The lowest BCUT2D eigenvalue weighted by Crippen LogP contribution is -2.02. The third-order valence-electron chi connectivity index (χ3n) is 3.50. The van der Waals surface area contributed by atoms with Crippen LogP contribution in [0, 0.1) is 6.92 Å². The first kappa shape index (κ1) is 16.7. The number of carbonyl (C=O) groups excluding carboxylic acids is 1. The first-order chi connectivity index (χ1) is 11.6. The summed E-state index contributed by atoms with van der Waals surface area (Å²) in [6.07, 6.45) is 0. The second-order valence-corrected chi connectivity index (χ2v) is 6.77.